The molecule has 0 unspecified atom stereocenters. The van der Waals surface area contributed by atoms with Crippen molar-refractivity contribution in [2.75, 3.05) is 0 Å². The molecule has 1 aromatic heterocycles. The molecule has 0 radical (unpaired) electrons. The van der Waals surface area contributed by atoms with Gasteiger partial charge in [0.25, 0.3) is 0 Å². The number of carbonyl (C=O) groups is 1. The molecule has 1 atom stereocenters. The first-order valence-electron chi connectivity index (χ1n) is 4.15. The first-order chi connectivity index (χ1) is 6.52. The lowest BCUT2D eigenvalue weighted by molar-refractivity contribution is -0.138. The largest absolute Gasteiger partial charge is 0.480 e. The Morgan fingerprint density at radius 2 is 2.29 bits per heavy atom. The van der Waals surface area contributed by atoms with Crippen molar-refractivity contribution >= 4 is 5.97 Å². The van der Waals surface area contributed by atoms with Gasteiger partial charge in [-0.1, -0.05) is 6.07 Å². The third-order valence-corrected chi connectivity index (χ3v) is 2.04. The number of hydrogen-bond donors (Lipinski definition) is 2. The van der Waals surface area contributed by atoms with Crippen LogP contribution in [0.4, 0.5) is 0 Å². The molecule has 3 N–H and O–H groups in total. The highest BCUT2D eigenvalue weighted by Gasteiger charge is 2.13. The number of nitrogens with two attached hydrogens (primary N) is 1. The van der Waals surface area contributed by atoms with Crippen molar-refractivity contribution in [3.05, 3.63) is 34.2 Å². The third kappa shape index (κ3) is 2.20. The van der Waals surface area contributed by atoms with Crippen LogP contribution < -0.4 is 11.3 Å². The van der Waals surface area contributed by atoms with Gasteiger partial charge in [0.05, 0.1) is 0 Å². The average molecular weight is 196 g/mol. The first-order valence-corrected chi connectivity index (χ1v) is 4.15. The molecule has 0 aromatic carbocycles. The van der Waals surface area contributed by atoms with Crippen molar-refractivity contribution in [1.29, 1.82) is 0 Å². The van der Waals surface area contributed by atoms with Crippen molar-refractivity contribution < 1.29 is 9.90 Å². The maximum atomic E-state index is 11.2. The maximum absolute atomic E-state index is 11.2. The SMILES string of the molecule is Cn1c(C[C@H](N)C(=O)O)cccc1=O. The molecule has 0 bridgehead atoms. The molecule has 14 heavy (non-hydrogen) atoms. The molecule has 1 heterocycles. The summed E-state index contributed by atoms with van der Waals surface area (Å²) in [6.07, 6.45) is 0.155. The Morgan fingerprint density at radius 1 is 1.64 bits per heavy atom. The maximum Gasteiger partial charge on any atom is 0.320 e. The smallest absolute Gasteiger partial charge is 0.320 e. The van der Waals surface area contributed by atoms with E-state index in [-0.39, 0.29) is 12.0 Å². The summed E-state index contributed by atoms with van der Waals surface area (Å²) in [5.41, 5.74) is 5.80. The highest BCUT2D eigenvalue weighted by molar-refractivity contribution is 5.73. The van der Waals surface area contributed by atoms with Crippen LogP contribution in [0.2, 0.25) is 0 Å². The van der Waals surface area contributed by atoms with Crippen LogP contribution in [0.15, 0.2) is 23.0 Å². The highest BCUT2D eigenvalue weighted by atomic mass is 16.4. The number of aliphatic carboxylic acids is 1. The van der Waals surface area contributed by atoms with E-state index in [0.29, 0.717) is 5.69 Å². The van der Waals surface area contributed by atoms with Gasteiger partial charge in [-0.15, -0.1) is 0 Å². The summed E-state index contributed by atoms with van der Waals surface area (Å²) in [5.74, 6) is -1.07. The van der Waals surface area contributed by atoms with E-state index in [1.165, 1.54) is 10.6 Å². The number of carboxylic acid groups (broad SMARTS) is 1. The molecule has 5 nitrogen and oxygen atoms in total. The fraction of sp³-hybridized carbons (Fsp3) is 0.333. The van der Waals surface area contributed by atoms with Gasteiger partial charge >= 0.3 is 5.97 Å². The van der Waals surface area contributed by atoms with Gasteiger partial charge in [0, 0.05) is 25.2 Å². The van der Waals surface area contributed by atoms with Gasteiger partial charge < -0.3 is 15.4 Å². The van der Waals surface area contributed by atoms with Gasteiger partial charge in [0.2, 0.25) is 5.56 Å². The summed E-state index contributed by atoms with van der Waals surface area (Å²) in [7, 11) is 1.59. The monoisotopic (exact) mass is 196 g/mol. The van der Waals surface area contributed by atoms with E-state index in [2.05, 4.69) is 0 Å². The zero-order valence-electron chi connectivity index (χ0n) is 7.80. The quantitative estimate of drug-likeness (QED) is 0.672. The van der Waals surface area contributed by atoms with Crippen LogP contribution in [0.1, 0.15) is 5.69 Å². The van der Waals surface area contributed by atoms with Crippen molar-refractivity contribution in [3.63, 3.8) is 0 Å². The number of rotatable bonds is 3. The van der Waals surface area contributed by atoms with E-state index in [1.807, 2.05) is 0 Å². The number of nitrogens with zero attached hydrogens (tertiary/aromatic N) is 1. The summed E-state index contributed by atoms with van der Waals surface area (Å²) in [4.78, 5) is 21.7. The lowest BCUT2D eigenvalue weighted by Gasteiger charge is -2.09. The zero-order chi connectivity index (χ0) is 10.7. The minimum absolute atomic E-state index is 0.155. The van der Waals surface area contributed by atoms with Gasteiger partial charge in [-0.05, 0) is 6.07 Å². The molecule has 0 saturated heterocycles. The van der Waals surface area contributed by atoms with Crippen LogP contribution in [0, 0.1) is 0 Å². The predicted molar refractivity (Wildman–Crippen MR) is 51.0 cm³/mol. The number of carboxylic acids is 1. The van der Waals surface area contributed by atoms with Crippen molar-refractivity contribution in [3.8, 4) is 0 Å². The molecular formula is C9H12N2O3. The Bertz CT molecular complexity index is 397. The third-order valence-electron chi connectivity index (χ3n) is 2.04. The molecule has 0 spiro atoms. The standard InChI is InChI=1S/C9H12N2O3/c1-11-6(3-2-4-8(11)12)5-7(10)9(13)14/h2-4,7H,5,10H2,1H3,(H,13,14)/t7-/m0/s1. The Labute approximate surface area is 80.8 Å². The van der Waals surface area contributed by atoms with E-state index in [9.17, 15) is 9.59 Å². The lowest BCUT2D eigenvalue weighted by Crippen LogP contribution is -2.34. The summed E-state index contributed by atoms with van der Waals surface area (Å²) in [6, 6.07) is 3.72. The van der Waals surface area contributed by atoms with Gasteiger partial charge in [0.1, 0.15) is 6.04 Å². The Balaban J connectivity index is 2.92. The topological polar surface area (TPSA) is 85.3 Å². The van der Waals surface area contributed by atoms with Crippen molar-refractivity contribution in [2.45, 2.75) is 12.5 Å². The second kappa shape index (κ2) is 4.06. The summed E-state index contributed by atoms with van der Waals surface area (Å²) < 4.78 is 1.39. The van der Waals surface area contributed by atoms with E-state index < -0.39 is 12.0 Å². The molecule has 0 aliphatic rings. The predicted octanol–water partition coefficient (Wildman–Crippen LogP) is -0.660. The van der Waals surface area contributed by atoms with Crippen molar-refractivity contribution in [1.82, 2.24) is 4.57 Å². The molecule has 0 saturated carbocycles. The van der Waals surface area contributed by atoms with Crippen LogP contribution in [0.25, 0.3) is 0 Å². The fourth-order valence-corrected chi connectivity index (χ4v) is 1.12. The van der Waals surface area contributed by atoms with E-state index in [0.717, 1.165) is 0 Å². The fourth-order valence-electron chi connectivity index (χ4n) is 1.12. The number of pyridine rings is 1. The molecule has 1 rings (SSSR count). The molecule has 76 valence electrons. The Kier molecular flexibility index (Phi) is 3.03. The van der Waals surface area contributed by atoms with Gasteiger partial charge in [0.15, 0.2) is 0 Å². The first kappa shape index (κ1) is 10.5. The summed E-state index contributed by atoms with van der Waals surface area (Å²) in [5, 5.41) is 8.59. The molecule has 0 amide bonds. The van der Waals surface area contributed by atoms with Gasteiger partial charge in [-0.2, -0.15) is 0 Å². The molecule has 0 aliphatic carbocycles. The van der Waals surface area contributed by atoms with Crippen LogP contribution >= 0.6 is 0 Å². The summed E-state index contributed by atoms with van der Waals surface area (Å²) in [6.45, 7) is 0. The van der Waals surface area contributed by atoms with Crippen molar-refractivity contribution in [2.24, 2.45) is 12.8 Å². The lowest BCUT2D eigenvalue weighted by atomic mass is 10.1. The van der Waals surface area contributed by atoms with Gasteiger partial charge in [-0.25, -0.2) is 0 Å². The minimum Gasteiger partial charge on any atom is -0.480 e. The second-order valence-corrected chi connectivity index (χ2v) is 3.06. The van der Waals surface area contributed by atoms with Gasteiger partial charge in [-0.3, -0.25) is 9.59 Å². The number of hydrogen-bond acceptors (Lipinski definition) is 3. The van der Waals surface area contributed by atoms with Crippen LogP contribution in [0.3, 0.4) is 0 Å². The second-order valence-electron chi connectivity index (χ2n) is 3.06. The van der Waals surface area contributed by atoms with Crippen LogP contribution in [-0.2, 0) is 18.3 Å². The van der Waals surface area contributed by atoms with E-state index in [4.69, 9.17) is 10.8 Å². The van der Waals surface area contributed by atoms with E-state index >= 15 is 0 Å². The molecule has 0 fully saturated rings. The molecule has 1 aromatic rings. The molecule has 0 aliphatic heterocycles. The minimum atomic E-state index is -1.07. The summed E-state index contributed by atoms with van der Waals surface area (Å²) >= 11 is 0. The van der Waals surface area contributed by atoms with Crippen LogP contribution in [0.5, 0.6) is 0 Å². The van der Waals surface area contributed by atoms with Crippen LogP contribution in [-0.4, -0.2) is 21.7 Å². The average Bonchev–Trinajstić information content (AvgIpc) is 2.12. The Hall–Kier alpha value is -1.62. The van der Waals surface area contributed by atoms with E-state index in [1.54, 1.807) is 19.2 Å². The normalized spacial score (nSPS) is 12.4. The highest BCUT2D eigenvalue weighted by Crippen LogP contribution is 1.98. The molecular weight excluding hydrogens is 184 g/mol. The number of aromatic nitrogens is 1. The molecule has 5 heteroatoms. The zero-order valence-corrected chi connectivity index (χ0v) is 7.80. The Morgan fingerprint density at radius 3 is 2.86 bits per heavy atom.